The monoisotopic (exact) mass is 394 g/mol. The molecule has 2 aromatic rings. The molecule has 158 valence electrons. The highest BCUT2D eigenvalue weighted by Crippen LogP contribution is 2.37. The Kier molecular flexibility index (Phi) is 8.98. The lowest BCUT2D eigenvalue weighted by molar-refractivity contribution is 0.301. The van der Waals surface area contributed by atoms with Gasteiger partial charge < -0.3 is 4.74 Å². The molecule has 3 rings (SSSR count). The zero-order valence-electron chi connectivity index (χ0n) is 18.4. The van der Waals surface area contributed by atoms with E-state index in [2.05, 4.69) is 36.2 Å². The predicted molar refractivity (Wildman–Crippen MR) is 121 cm³/mol. The summed E-state index contributed by atoms with van der Waals surface area (Å²) in [5.74, 6) is 3.30. The van der Waals surface area contributed by atoms with E-state index in [0.717, 1.165) is 36.1 Å². The fourth-order valence-corrected chi connectivity index (χ4v) is 4.44. The third-order valence-corrected chi connectivity index (χ3v) is 6.29. The van der Waals surface area contributed by atoms with E-state index in [0.29, 0.717) is 5.92 Å². The number of hydrogen-bond donors (Lipinski definition) is 0. The minimum atomic E-state index is 0.644. The SMILES string of the molecule is CCCCCCC[C@H]1CC[C@H](c2cnc(-c3ccc(OCCC)cc3)nc2)CC1. The molecule has 1 fully saturated rings. The van der Waals surface area contributed by atoms with Crippen molar-refractivity contribution in [2.45, 2.75) is 90.4 Å². The molecule has 0 saturated heterocycles. The van der Waals surface area contributed by atoms with E-state index >= 15 is 0 Å². The number of aromatic nitrogens is 2. The van der Waals surface area contributed by atoms with Gasteiger partial charge in [0.15, 0.2) is 5.82 Å². The van der Waals surface area contributed by atoms with E-state index in [1.165, 1.54) is 69.8 Å². The maximum atomic E-state index is 5.65. The molecule has 0 bridgehead atoms. The highest BCUT2D eigenvalue weighted by molar-refractivity contribution is 5.56. The molecule has 1 saturated carbocycles. The Balaban J connectivity index is 1.46. The first-order valence-electron chi connectivity index (χ1n) is 11.8. The first-order chi connectivity index (χ1) is 14.3. The normalized spacial score (nSPS) is 19.2. The van der Waals surface area contributed by atoms with Gasteiger partial charge in [0.2, 0.25) is 0 Å². The van der Waals surface area contributed by atoms with Crippen molar-refractivity contribution in [1.29, 1.82) is 0 Å². The van der Waals surface area contributed by atoms with Crippen LogP contribution in [0.5, 0.6) is 5.75 Å². The summed E-state index contributed by atoms with van der Waals surface area (Å²) in [4.78, 5) is 9.32. The van der Waals surface area contributed by atoms with Crippen LogP contribution in [0.4, 0.5) is 0 Å². The Morgan fingerprint density at radius 2 is 1.52 bits per heavy atom. The van der Waals surface area contributed by atoms with Crippen molar-refractivity contribution in [3.05, 3.63) is 42.2 Å². The molecule has 0 unspecified atom stereocenters. The van der Waals surface area contributed by atoms with Gasteiger partial charge in [-0.05, 0) is 73.8 Å². The van der Waals surface area contributed by atoms with Crippen molar-refractivity contribution in [2.24, 2.45) is 5.92 Å². The second-order valence-corrected chi connectivity index (χ2v) is 8.63. The third-order valence-electron chi connectivity index (χ3n) is 6.29. The first-order valence-corrected chi connectivity index (χ1v) is 11.8. The van der Waals surface area contributed by atoms with Gasteiger partial charge in [-0.25, -0.2) is 9.97 Å². The molecular weight excluding hydrogens is 356 g/mol. The van der Waals surface area contributed by atoms with E-state index in [1.807, 2.05) is 24.3 Å². The number of unbranched alkanes of at least 4 members (excludes halogenated alkanes) is 4. The van der Waals surface area contributed by atoms with Gasteiger partial charge in [0.05, 0.1) is 6.61 Å². The Morgan fingerprint density at radius 3 is 2.17 bits per heavy atom. The predicted octanol–water partition coefficient (Wildman–Crippen LogP) is 7.57. The summed E-state index contributed by atoms with van der Waals surface area (Å²) in [6, 6.07) is 8.11. The fourth-order valence-electron chi connectivity index (χ4n) is 4.44. The molecule has 0 atom stereocenters. The van der Waals surface area contributed by atoms with Crippen LogP contribution in [0.3, 0.4) is 0 Å². The molecule has 0 spiro atoms. The average molecular weight is 395 g/mol. The van der Waals surface area contributed by atoms with Gasteiger partial charge in [0.1, 0.15) is 5.75 Å². The molecule has 3 nitrogen and oxygen atoms in total. The molecule has 3 heteroatoms. The van der Waals surface area contributed by atoms with E-state index in [1.54, 1.807) is 0 Å². The molecule has 1 aliphatic rings. The average Bonchev–Trinajstić information content (AvgIpc) is 2.78. The lowest BCUT2D eigenvalue weighted by Crippen LogP contribution is -2.14. The maximum absolute atomic E-state index is 5.65. The van der Waals surface area contributed by atoms with Gasteiger partial charge in [-0.1, -0.05) is 52.4 Å². The first kappa shape index (κ1) is 21.8. The molecule has 1 heterocycles. The molecule has 1 aromatic carbocycles. The Labute approximate surface area is 177 Å². The summed E-state index contributed by atoms with van der Waals surface area (Å²) in [5.41, 5.74) is 2.37. The van der Waals surface area contributed by atoms with Crippen molar-refractivity contribution in [3.8, 4) is 17.1 Å². The summed E-state index contributed by atoms with van der Waals surface area (Å²) >= 11 is 0. The zero-order chi connectivity index (χ0) is 20.3. The number of ether oxygens (including phenoxy) is 1. The maximum Gasteiger partial charge on any atom is 0.159 e. The lowest BCUT2D eigenvalue weighted by atomic mass is 9.77. The van der Waals surface area contributed by atoms with Gasteiger partial charge in [-0.2, -0.15) is 0 Å². The second kappa shape index (κ2) is 11.9. The number of hydrogen-bond acceptors (Lipinski definition) is 3. The molecule has 0 amide bonds. The number of nitrogens with zero attached hydrogens (tertiary/aromatic N) is 2. The zero-order valence-corrected chi connectivity index (χ0v) is 18.4. The van der Waals surface area contributed by atoms with Crippen molar-refractivity contribution < 1.29 is 4.74 Å². The molecule has 0 N–H and O–H groups in total. The topological polar surface area (TPSA) is 35.0 Å². The van der Waals surface area contributed by atoms with Crippen molar-refractivity contribution in [1.82, 2.24) is 9.97 Å². The summed E-state index contributed by atoms with van der Waals surface area (Å²) in [6.07, 6.45) is 18.9. The summed E-state index contributed by atoms with van der Waals surface area (Å²) in [6.45, 7) is 5.16. The molecular formula is C26H38N2O. The third kappa shape index (κ3) is 6.83. The van der Waals surface area contributed by atoms with Crippen LogP contribution < -0.4 is 4.74 Å². The van der Waals surface area contributed by atoms with Gasteiger partial charge in [-0.3, -0.25) is 0 Å². The summed E-state index contributed by atoms with van der Waals surface area (Å²) in [5, 5.41) is 0. The fraction of sp³-hybridized carbons (Fsp3) is 0.615. The van der Waals surface area contributed by atoms with E-state index in [9.17, 15) is 0 Å². The molecule has 1 aliphatic carbocycles. The second-order valence-electron chi connectivity index (χ2n) is 8.63. The van der Waals surface area contributed by atoms with E-state index in [4.69, 9.17) is 4.74 Å². The highest BCUT2D eigenvalue weighted by Gasteiger charge is 2.22. The minimum Gasteiger partial charge on any atom is -0.494 e. The van der Waals surface area contributed by atoms with Gasteiger partial charge in [0, 0.05) is 18.0 Å². The largest absolute Gasteiger partial charge is 0.494 e. The Hall–Kier alpha value is -1.90. The molecule has 29 heavy (non-hydrogen) atoms. The quantitative estimate of drug-likeness (QED) is 0.369. The lowest BCUT2D eigenvalue weighted by Gasteiger charge is -2.28. The standard InChI is InChI=1S/C26H38N2O/c1-3-5-6-7-8-9-21-10-12-22(13-11-21)24-19-27-26(28-20-24)23-14-16-25(17-15-23)29-18-4-2/h14-17,19-22H,3-13,18H2,1-2H3/t21-,22-. The Bertz CT molecular complexity index is 688. The van der Waals surface area contributed by atoms with Crippen LogP contribution in [-0.2, 0) is 0 Å². The number of rotatable bonds is 11. The van der Waals surface area contributed by atoms with E-state index in [-0.39, 0.29) is 0 Å². The van der Waals surface area contributed by atoms with Crippen LogP contribution in [0.2, 0.25) is 0 Å². The highest BCUT2D eigenvalue weighted by atomic mass is 16.5. The molecule has 0 aliphatic heterocycles. The van der Waals surface area contributed by atoms with Crippen LogP contribution in [0.1, 0.15) is 96.0 Å². The van der Waals surface area contributed by atoms with Crippen LogP contribution in [0, 0.1) is 5.92 Å². The van der Waals surface area contributed by atoms with Crippen molar-refractivity contribution in [2.75, 3.05) is 6.61 Å². The van der Waals surface area contributed by atoms with E-state index < -0.39 is 0 Å². The summed E-state index contributed by atoms with van der Waals surface area (Å²) < 4.78 is 5.65. The van der Waals surface area contributed by atoms with Crippen LogP contribution in [0.25, 0.3) is 11.4 Å². The van der Waals surface area contributed by atoms with Gasteiger partial charge >= 0.3 is 0 Å². The van der Waals surface area contributed by atoms with Crippen molar-refractivity contribution >= 4 is 0 Å². The Morgan fingerprint density at radius 1 is 0.828 bits per heavy atom. The number of benzene rings is 1. The minimum absolute atomic E-state index is 0.644. The molecule has 1 aromatic heterocycles. The van der Waals surface area contributed by atoms with Gasteiger partial charge in [0.25, 0.3) is 0 Å². The van der Waals surface area contributed by atoms with Crippen LogP contribution >= 0.6 is 0 Å². The van der Waals surface area contributed by atoms with Crippen molar-refractivity contribution in [3.63, 3.8) is 0 Å². The van der Waals surface area contributed by atoms with Crippen LogP contribution in [-0.4, -0.2) is 16.6 Å². The van der Waals surface area contributed by atoms with Crippen LogP contribution in [0.15, 0.2) is 36.7 Å². The molecule has 0 radical (unpaired) electrons. The van der Waals surface area contributed by atoms with Gasteiger partial charge in [-0.15, -0.1) is 0 Å². The summed E-state index contributed by atoms with van der Waals surface area (Å²) in [7, 11) is 0. The smallest absolute Gasteiger partial charge is 0.159 e.